The van der Waals surface area contributed by atoms with Gasteiger partial charge in [-0.25, -0.2) is 13.6 Å². The topological polar surface area (TPSA) is 131 Å². The highest BCUT2D eigenvalue weighted by atomic mass is 32.2. The molecule has 0 saturated heterocycles. The maximum absolute atomic E-state index is 12.7. The van der Waals surface area contributed by atoms with Crippen molar-refractivity contribution in [3.8, 4) is 0 Å². The van der Waals surface area contributed by atoms with E-state index in [1.54, 1.807) is 6.07 Å². The van der Waals surface area contributed by atoms with E-state index in [-0.39, 0.29) is 22.5 Å². The smallest absolute Gasteiger partial charge is 0.323 e. The van der Waals surface area contributed by atoms with E-state index in [4.69, 9.17) is 10.2 Å². The molecule has 0 fully saturated rings. The van der Waals surface area contributed by atoms with Crippen molar-refractivity contribution in [3.05, 3.63) is 36.2 Å². The number of primary sulfonamides is 1. The molecule has 128 valence electrons. The SMILES string of the molecule is CCCN(CC(=O)O)C(=O)c1nccc2c(S(N)(=O)=O)cccc12. The molecular weight excluding hydrogens is 334 g/mol. The summed E-state index contributed by atoms with van der Waals surface area (Å²) in [6.07, 6.45) is 1.88. The van der Waals surface area contributed by atoms with Gasteiger partial charge in [-0.1, -0.05) is 19.1 Å². The number of carbonyl (C=O) groups excluding carboxylic acids is 1. The monoisotopic (exact) mass is 351 g/mol. The fourth-order valence-electron chi connectivity index (χ4n) is 2.43. The van der Waals surface area contributed by atoms with Crippen molar-refractivity contribution in [2.75, 3.05) is 13.1 Å². The van der Waals surface area contributed by atoms with E-state index >= 15 is 0 Å². The highest BCUT2D eigenvalue weighted by molar-refractivity contribution is 7.89. The summed E-state index contributed by atoms with van der Waals surface area (Å²) in [5.41, 5.74) is -0.00676. The van der Waals surface area contributed by atoms with E-state index in [1.807, 2.05) is 6.92 Å². The van der Waals surface area contributed by atoms with Gasteiger partial charge in [-0.3, -0.25) is 14.6 Å². The summed E-state index contributed by atoms with van der Waals surface area (Å²) >= 11 is 0. The first kappa shape index (κ1) is 17.8. The molecule has 0 bridgehead atoms. The van der Waals surface area contributed by atoms with Crippen LogP contribution in [-0.2, 0) is 14.8 Å². The molecule has 0 spiro atoms. The molecule has 0 aliphatic carbocycles. The lowest BCUT2D eigenvalue weighted by Gasteiger charge is -2.20. The van der Waals surface area contributed by atoms with E-state index in [0.717, 1.165) is 4.90 Å². The van der Waals surface area contributed by atoms with Crippen LogP contribution in [0.3, 0.4) is 0 Å². The maximum atomic E-state index is 12.7. The Hall–Kier alpha value is -2.52. The van der Waals surface area contributed by atoms with Gasteiger partial charge in [0.25, 0.3) is 5.91 Å². The van der Waals surface area contributed by atoms with Crippen LogP contribution in [0.5, 0.6) is 0 Å². The lowest BCUT2D eigenvalue weighted by Crippen LogP contribution is -2.36. The average Bonchev–Trinajstić information content (AvgIpc) is 2.51. The van der Waals surface area contributed by atoms with Gasteiger partial charge < -0.3 is 10.0 Å². The number of aromatic nitrogens is 1. The number of hydrogen-bond acceptors (Lipinski definition) is 5. The minimum absolute atomic E-state index is 0.00676. The van der Waals surface area contributed by atoms with Crippen molar-refractivity contribution in [2.45, 2.75) is 18.2 Å². The maximum Gasteiger partial charge on any atom is 0.323 e. The van der Waals surface area contributed by atoms with Crippen LogP contribution in [0.4, 0.5) is 0 Å². The van der Waals surface area contributed by atoms with Crippen molar-refractivity contribution < 1.29 is 23.1 Å². The molecule has 1 heterocycles. The number of carbonyl (C=O) groups is 2. The standard InChI is InChI=1S/C15H17N3O5S/c1-2-8-18(9-13(19)20)15(21)14-11-4-3-5-12(24(16,22)23)10(11)6-7-17-14/h3-7H,2,8-9H2,1H3,(H,19,20)(H2,16,22,23). The van der Waals surface area contributed by atoms with Gasteiger partial charge in [-0.15, -0.1) is 0 Å². The zero-order valence-corrected chi connectivity index (χ0v) is 13.8. The van der Waals surface area contributed by atoms with Crippen molar-refractivity contribution in [3.63, 3.8) is 0 Å². The molecule has 0 radical (unpaired) electrons. The highest BCUT2D eigenvalue weighted by Crippen LogP contribution is 2.24. The van der Waals surface area contributed by atoms with Crippen molar-refractivity contribution in [1.29, 1.82) is 0 Å². The van der Waals surface area contributed by atoms with E-state index < -0.39 is 28.4 Å². The number of sulfonamides is 1. The fraction of sp³-hybridized carbons (Fsp3) is 0.267. The molecule has 8 nitrogen and oxygen atoms in total. The Bertz CT molecular complexity index is 895. The number of nitrogens with zero attached hydrogens (tertiary/aromatic N) is 2. The minimum atomic E-state index is -3.97. The van der Waals surface area contributed by atoms with Crippen LogP contribution in [0.1, 0.15) is 23.8 Å². The van der Waals surface area contributed by atoms with Crippen LogP contribution in [-0.4, -0.2) is 48.4 Å². The first-order chi connectivity index (χ1) is 11.3. The molecular formula is C15H17N3O5S. The number of hydrogen-bond donors (Lipinski definition) is 2. The number of amides is 1. The third kappa shape index (κ3) is 3.69. The third-order valence-electron chi connectivity index (χ3n) is 3.38. The zero-order chi connectivity index (χ0) is 17.9. The summed E-state index contributed by atoms with van der Waals surface area (Å²) in [5.74, 6) is -1.71. The molecule has 0 unspecified atom stereocenters. The summed E-state index contributed by atoms with van der Waals surface area (Å²) in [4.78, 5) is 28.7. The number of benzene rings is 1. The van der Waals surface area contributed by atoms with E-state index in [0.29, 0.717) is 11.8 Å². The van der Waals surface area contributed by atoms with Crippen molar-refractivity contribution in [1.82, 2.24) is 9.88 Å². The van der Waals surface area contributed by atoms with Gasteiger partial charge in [0.2, 0.25) is 10.0 Å². The molecule has 1 amide bonds. The average molecular weight is 351 g/mol. The van der Waals surface area contributed by atoms with Crippen molar-refractivity contribution in [2.24, 2.45) is 5.14 Å². The second-order valence-corrected chi connectivity index (χ2v) is 6.71. The molecule has 0 atom stereocenters. The van der Waals surface area contributed by atoms with Gasteiger partial charge in [0.15, 0.2) is 0 Å². The number of carboxylic acids is 1. The highest BCUT2D eigenvalue weighted by Gasteiger charge is 2.22. The third-order valence-corrected chi connectivity index (χ3v) is 4.35. The minimum Gasteiger partial charge on any atom is -0.480 e. The number of fused-ring (bicyclic) bond motifs is 1. The van der Waals surface area contributed by atoms with Crippen molar-refractivity contribution >= 4 is 32.7 Å². The largest absolute Gasteiger partial charge is 0.480 e. The van der Waals surface area contributed by atoms with Gasteiger partial charge in [0.05, 0.1) is 4.90 Å². The Balaban J connectivity index is 2.60. The van der Waals surface area contributed by atoms with Gasteiger partial charge in [0.1, 0.15) is 12.2 Å². The molecule has 0 aliphatic rings. The Labute approximate surface area is 139 Å². The van der Waals surface area contributed by atoms with E-state index in [1.165, 1.54) is 24.4 Å². The fourth-order valence-corrected chi connectivity index (χ4v) is 3.18. The van der Waals surface area contributed by atoms with Crippen LogP contribution in [0, 0.1) is 0 Å². The predicted molar refractivity (Wildman–Crippen MR) is 86.9 cm³/mol. The quantitative estimate of drug-likeness (QED) is 0.792. The molecule has 0 saturated carbocycles. The van der Waals surface area contributed by atoms with Crippen LogP contribution in [0.2, 0.25) is 0 Å². The first-order valence-electron chi connectivity index (χ1n) is 7.17. The number of carboxylic acid groups (broad SMARTS) is 1. The Kier molecular flexibility index (Phi) is 5.15. The van der Waals surface area contributed by atoms with Gasteiger partial charge in [-0.05, 0) is 18.6 Å². The molecule has 0 aliphatic heterocycles. The molecule has 2 rings (SSSR count). The molecule has 1 aromatic carbocycles. The summed E-state index contributed by atoms with van der Waals surface area (Å²) in [7, 11) is -3.97. The van der Waals surface area contributed by atoms with E-state index in [9.17, 15) is 18.0 Å². The summed E-state index contributed by atoms with van der Waals surface area (Å²) in [6, 6.07) is 5.80. The molecule has 2 aromatic rings. The normalized spacial score (nSPS) is 11.4. The lowest BCUT2D eigenvalue weighted by molar-refractivity contribution is -0.137. The van der Waals surface area contributed by atoms with Gasteiger partial charge >= 0.3 is 5.97 Å². The van der Waals surface area contributed by atoms with Gasteiger partial charge in [0, 0.05) is 23.5 Å². The van der Waals surface area contributed by atoms with Gasteiger partial charge in [-0.2, -0.15) is 0 Å². The molecule has 1 aromatic heterocycles. The summed E-state index contributed by atoms with van der Waals surface area (Å²) in [5, 5.41) is 14.7. The second kappa shape index (κ2) is 6.93. The Morgan fingerprint density at radius 3 is 2.54 bits per heavy atom. The summed E-state index contributed by atoms with van der Waals surface area (Å²) in [6.45, 7) is 1.61. The lowest BCUT2D eigenvalue weighted by atomic mass is 10.1. The predicted octanol–water partition coefficient (Wildman–Crippen LogP) is 0.819. The van der Waals surface area contributed by atoms with Crippen LogP contribution >= 0.6 is 0 Å². The van der Waals surface area contributed by atoms with Crippen LogP contribution in [0.15, 0.2) is 35.4 Å². The van der Waals surface area contributed by atoms with E-state index in [2.05, 4.69) is 4.98 Å². The van der Waals surface area contributed by atoms with Crippen LogP contribution < -0.4 is 5.14 Å². The Morgan fingerprint density at radius 1 is 1.25 bits per heavy atom. The number of nitrogens with two attached hydrogens (primary N) is 1. The number of aliphatic carboxylic acids is 1. The summed E-state index contributed by atoms with van der Waals surface area (Å²) < 4.78 is 23.4. The van der Waals surface area contributed by atoms with Crippen LogP contribution in [0.25, 0.3) is 10.8 Å². The molecule has 3 N–H and O–H groups in total. The first-order valence-corrected chi connectivity index (χ1v) is 8.72. The Morgan fingerprint density at radius 2 is 1.96 bits per heavy atom. The number of pyridine rings is 1. The second-order valence-electron chi connectivity index (χ2n) is 5.18. The molecule has 24 heavy (non-hydrogen) atoms. The zero-order valence-electron chi connectivity index (χ0n) is 13.0. The molecule has 9 heteroatoms. The number of rotatable bonds is 6.